The summed E-state index contributed by atoms with van der Waals surface area (Å²) in [4.78, 5) is 11.7. The van der Waals surface area contributed by atoms with Gasteiger partial charge in [-0.15, -0.1) is 0 Å². The monoisotopic (exact) mass is 243 g/mol. The van der Waals surface area contributed by atoms with Crippen LogP contribution in [0.2, 0.25) is 0 Å². The Balaban J connectivity index is 1.86. The summed E-state index contributed by atoms with van der Waals surface area (Å²) in [6, 6.07) is 5.55. The number of hydrogen-bond acceptors (Lipinski definition) is 5. The first-order valence-electron chi connectivity index (χ1n) is 5.59. The molecule has 5 N–H and O–H groups in total. The van der Waals surface area contributed by atoms with Crippen molar-refractivity contribution in [1.82, 2.24) is 25.1 Å². The van der Waals surface area contributed by atoms with Crippen LogP contribution in [-0.2, 0) is 0 Å². The van der Waals surface area contributed by atoms with E-state index >= 15 is 0 Å². The summed E-state index contributed by atoms with van der Waals surface area (Å²) >= 11 is 0. The maximum absolute atomic E-state index is 5.72. The number of anilines is 2. The Bertz CT molecular complexity index is 655. The van der Waals surface area contributed by atoms with Crippen molar-refractivity contribution in [1.29, 1.82) is 0 Å². The predicted octanol–water partition coefficient (Wildman–Crippen LogP) is 1.44. The van der Waals surface area contributed by atoms with Crippen LogP contribution >= 0.6 is 0 Å². The molecule has 1 unspecified atom stereocenters. The van der Waals surface area contributed by atoms with E-state index in [4.69, 9.17) is 5.73 Å². The lowest BCUT2D eigenvalue weighted by molar-refractivity contribution is 0.787. The van der Waals surface area contributed by atoms with Gasteiger partial charge in [0.25, 0.3) is 0 Å². The molecule has 18 heavy (non-hydrogen) atoms. The molecule has 0 spiro atoms. The van der Waals surface area contributed by atoms with E-state index in [0.717, 1.165) is 16.9 Å². The van der Waals surface area contributed by atoms with Crippen molar-refractivity contribution in [2.75, 3.05) is 11.1 Å². The highest BCUT2D eigenvalue weighted by Gasteiger charge is 2.10. The average molecular weight is 243 g/mol. The summed E-state index contributed by atoms with van der Waals surface area (Å²) in [7, 11) is 0. The lowest BCUT2D eigenvalue weighted by Crippen LogP contribution is -2.09. The first-order valence-corrected chi connectivity index (χ1v) is 5.59. The number of rotatable bonds is 3. The van der Waals surface area contributed by atoms with E-state index in [9.17, 15) is 0 Å². The highest BCUT2D eigenvalue weighted by atomic mass is 15.2. The molecule has 3 rings (SSSR count). The minimum absolute atomic E-state index is 0.00888. The van der Waals surface area contributed by atoms with E-state index < -0.39 is 0 Å². The summed E-state index contributed by atoms with van der Waals surface area (Å²) in [5.74, 6) is 1.44. The van der Waals surface area contributed by atoms with Crippen LogP contribution < -0.4 is 11.1 Å². The molecule has 0 aliphatic rings. The molecule has 3 aromatic rings. The van der Waals surface area contributed by atoms with Gasteiger partial charge in [-0.25, -0.2) is 9.97 Å². The number of nitrogens with zero attached hydrogens (tertiary/aromatic N) is 3. The highest BCUT2D eigenvalue weighted by Crippen LogP contribution is 2.19. The van der Waals surface area contributed by atoms with Crippen LogP contribution in [0.3, 0.4) is 0 Å². The van der Waals surface area contributed by atoms with Gasteiger partial charge < -0.3 is 16.0 Å². The number of hydrogen-bond donors (Lipinski definition) is 4. The van der Waals surface area contributed by atoms with E-state index in [1.807, 2.05) is 25.1 Å². The third-order valence-corrected chi connectivity index (χ3v) is 2.70. The SMILES string of the molecule is CC(Nc1nc2ccc(N)cc2[nH]1)c1ncn[nH]1. The molecule has 2 aromatic heterocycles. The predicted molar refractivity (Wildman–Crippen MR) is 68.9 cm³/mol. The van der Waals surface area contributed by atoms with Crippen molar-refractivity contribution in [3.05, 3.63) is 30.4 Å². The number of imidazole rings is 1. The molecule has 0 amide bonds. The van der Waals surface area contributed by atoms with Crippen molar-refractivity contribution in [3.8, 4) is 0 Å². The average Bonchev–Trinajstić information content (AvgIpc) is 2.95. The van der Waals surface area contributed by atoms with Crippen LogP contribution in [0.5, 0.6) is 0 Å². The number of nitrogen functional groups attached to an aromatic ring is 1. The lowest BCUT2D eigenvalue weighted by Gasteiger charge is -2.08. The third kappa shape index (κ3) is 1.86. The molecular weight excluding hydrogens is 230 g/mol. The molecule has 1 atom stereocenters. The van der Waals surface area contributed by atoms with Crippen molar-refractivity contribution in [3.63, 3.8) is 0 Å². The van der Waals surface area contributed by atoms with Gasteiger partial charge in [-0.3, -0.25) is 5.10 Å². The fourth-order valence-corrected chi connectivity index (χ4v) is 1.79. The summed E-state index contributed by atoms with van der Waals surface area (Å²) in [6.45, 7) is 1.97. The van der Waals surface area contributed by atoms with Crippen molar-refractivity contribution < 1.29 is 0 Å². The Labute approximate surface area is 103 Å². The van der Waals surface area contributed by atoms with E-state index in [2.05, 4.69) is 30.5 Å². The van der Waals surface area contributed by atoms with Crippen LogP contribution in [0.25, 0.3) is 11.0 Å². The molecule has 7 heteroatoms. The summed E-state index contributed by atoms with van der Waals surface area (Å²) in [6.07, 6.45) is 1.48. The standard InChI is InChI=1S/C11H13N7/c1-6(10-13-5-14-18-10)15-11-16-8-3-2-7(12)4-9(8)17-11/h2-6H,12H2,1H3,(H,13,14,18)(H2,15,16,17). The van der Waals surface area contributed by atoms with Crippen molar-refractivity contribution in [2.45, 2.75) is 13.0 Å². The Kier molecular flexibility index (Phi) is 2.36. The second kappa shape index (κ2) is 4.02. The molecule has 0 saturated carbocycles. The van der Waals surface area contributed by atoms with E-state index in [1.165, 1.54) is 6.33 Å². The number of aromatic amines is 2. The van der Waals surface area contributed by atoms with Crippen LogP contribution in [0, 0.1) is 0 Å². The Morgan fingerprint density at radius 1 is 1.39 bits per heavy atom. The van der Waals surface area contributed by atoms with E-state index in [0.29, 0.717) is 11.6 Å². The molecule has 0 bridgehead atoms. The molecule has 0 aliphatic carbocycles. The van der Waals surface area contributed by atoms with E-state index in [-0.39, 0.29) is 6.04 Å². The first kappa shape index (κ1) is 10.6. The van der Waals surface area contributed by atoms with Gasteiger partial charge in [-0.1, -0.05) is 0 Å². The number of H-pyrrole nitrogens is 2. The Hall–Kier alpha value is -2.57. The molecule has 0 fully saturated rings. The fourth-order valence-electron chi connectivity index (χ4n) is 1.79. The molecule has 0 saturated heterocycles. The van der Waals surface area contributed by atoms with Crippen LogP contribution in [0.15, 0.2) is 24.5 Å². The number of aromatic nitrogens is 5. The molecule has 2 heterocycles. The van der Waals surface area contributed by atoms with Crippen molar-refractivity contribution >= 4 is 22.7 Å². The van der Waals surface area contributed by atoms with Crippen LogP contribution in [-0.4, -0.2) is 25.1 Å². The minimum Gasteiger partial charge on any atom is -0.399 e. The number of fused-ring (bicyclic) bond motifs is 1. The number of nitrogens with one attached hydrogen (secondary N) is 3. The summed E-state index contributed by atoms with van der Waals surface area (Å²) < 4.78 is 0. The highest BCUT2D eigenvalue weighted by molar-refractivity contribution is 5.80. The van der Waals surface area contributed by atoms with Crippen molar-refractivity contribution in [2.24, 2.45) is 0 Å². The topological polar surface area (TPSA) is 108 Å². The minimum atomic E-state index is -0.00888. The van der Waals surface area contributed by atoms with Gasteiger partial charge in [-0.05, 0) is 25.1 Å². The fraction of sp³-hybridized carbons (Fsp3) is 0.182. The normalized spacial score (nSPS) is 12.7. The molecular formula is C11H13N7. The second-order valence-corrected chi connectivity index (χ2v) is 4.10. The maximum atomic E-state index is 5.72. The Morgan fingerprint density at radius 2 is 2.28 bits per heavy atom. The lowest BCUT2D eigenvalue weighted by atomic mass is 10.3. The molecule has 0 aliphatic heterocycles. The number of nitrogens with two attached hydrogens (primary N) is 1. The zero-order valence-electron chi connectivity index (χ0n) is 9.81. The van der Waals surface area contributed by atoms with Gasteiger partial charge in [0.1, 0.15) is 12.2 Å². The maximum Gasteiger partial charge on any atom is 0.201 e. The quantitative estimate of drug-likeness (QED) is 0.520. The first-order chi connectivity index (χ1) is 8.72. The summed E-state index contributed by atoms with van der Waals surface area (Å²) in [5, 5.41) is 9.84. The van der Waals surface area contributed by atoms with Gasteiger partial charge in [0.15, 0.2) is 0 Å². The van der Waals surface area contributed by atoms with Gasteiger partial charge in [-0.2, -0.15) is 5.10 Å². The van der Waals surface area contributed by atoms with Gasteiger partial charge in [0, 0.05) is 5.69 Å². The third-order valence-electron chi connectivity index (χ3n) is 2.70. The smallest absolute Gasteiger partial charge is 0.201 e. The Morgan fingerprint density at radius 3 is 3.06 bits per heavy atom. The zero-order valence-corrected chi connectivity index (χ0v) is 9.81. The summed E-state index contributed by atoms with van der Waals surface area (Å²) in [5.41, 5.74) is 8.21. The van der Waals surface area contributed by atoms with Gasteiger partial charge in [0.05, 0.1) is 17.1 Å². The second-order valence-electron chi connectivity index (χ2n) is 4.10. The van der Waals surface area contributed by atoms with Gasteiger partial charge in [0.2, 0.25) is 5.95 Å². The van der Waals surface area contributed by atoms with Gasteiger partial charge >= 0.3 is 0 Å². The molecule has 1 aromatic carbocycles. The number of benzene rings is 1. The molecule has 7 nitrogen and oxygen atoms in total. The molecule has 92 valence electrons. The largest absolute Gasteiger partial charge is 0.399 e. The zero-order chi connectivity index (χ0) is 12.5. The van der Waals surface area contributed by atoms with Crippen LogP contribution in [0.4, 0.5) is 11.6 Å². The van der Waals surface area contributed by atoms with E-state index in [1.54, 1.807) is 0 Å². The molecule has 0 radical (unpaired) electrons. The van der Waals surface area contributed by atoms with Crippen LogP contribution in [0.1, 0.15) is 18.8 Å².